The minimum Gasteiger partial charge on any atom is -0.313 e. The molecule has 0 saturated heterocycles. The molecule has 0 spiro atoms. The standard InChI is InChI=1S/C16H17BrClN/c1-11-7-8-13(17)10-14(11)16(19-2)9-12-5-3-4-6-15(12)18/h3-8,10,16,19H,9H2,1-2H3. The monoisotopic (exact) mass is 337 g/mol. The molecule has 3 heteroatoms. The van der Waals surface area contributed by atoms with Gasteiger partial charge in [-0.3, -0.25) is 0 Å². The zero-order chi connectivity index (χ0) is 13.8. The topological polar surface area (TPSA) is 12.0 Å². The van der Waals surface area contributed by atoms with Crippen molar-refractivity contribution in [3.63, 3.8) is 0 Å². The lowest BCUT2D eigenvalue weighted by atomic mass is 9.95. The molecule has 1 nitrogen and oxygen atoms in total. The van der Waals surface area contributed by atoms with Crippen molar-refractivity contribution in [3.8, 4) is 0 Å². The molecule has 1 N–H and O–H groups in total. The Morgan fingerprint density at radius 1 is 1.21 bits per heavy atom. The van der Waals surface area contributed by atoms with Gasteiger partial charge in [-0.05, 0) is 55.3 Å². The van der Waals surface area contributed by atoms with Crippen LogP contribution in [0.3, 0.4) is 0 Å². The third-order valence-corrected chi connectivity index (χ3v) is 4.21. The number of nitrogens with one attached hydrogen (secondary N) is 1. The predicted molar refractivity (Wildman–Crippen MR) is 85.8 cm³/mol. The molecule has 0 aliphatic rings. The highest BCUT2D eigenvalue weighted by Crippen LogP contribution is 2.27. The van der Waals surface area contributed by atoms with Crippen LogP contribution in [0, 0.1) is 6.92 Å². The molecule has 2 aromatic carbocycles. The molecular weight excluding hydrogens is 322 g/mol. The summed E-state index contributed by atoms with van der Waals surface area (Å²) in [5.41, 5.74) is 3.76. The molecule has 0 fully saturated rings. The Balaban J connectivity index is 2.30. The number of hydrogen-bond acceptors (Lipinski definition) is 1. The van der Waals surface area contributed by atoms with Crippen molar-refractivity contribution in [1.29, 1.82) is 0 Å². The lowest BCUT2D eigenvalue weighted by Crippen LogP contribution is -2.20. The van der Waals surface area contributed by atoms with Crippen LogP contribution < -0.4 is 5.32 Å². The Morgan fingerprint density at radius 2 is 1.95 bits per heavy atom. The van der Waals surface area contributed by atoms with Crippen LogP contribution in [-0.4, -0.2) is 7.05 Å². The average Bonchev–Trinajstić information content (AvgIpc) is 2.41. The maximum atomic E-state index is 6.25. The van der Waals surface area contributed by atoms with Crippen molar-refractivity contribution in [1.82, 2.24) is 5.32 Å². The van der Waals surface area contributed by atoms with E-state index in [-0.39, 0.29) is 6.04 Å². The molecule has 100 valence electrons. The summed E-state index contributed by atoms with van der Waals surface area (Å²) in [7, 11) is 1.99. The predicted octanol–water partition coefficient (Wildman–Crippen LogP) is 4.91. The van der Waals surface area contributed by atoms with Crippen LogP contribution in [0.2, 0.25) is 5.02 Å². The highest BCUT2D eigenvalue weighted by molar-refractivity contribution is 9.10. The molecule has 0 heterocycles. The Bertz CT molecular complexity index is 568. The molecule has 0 saturated carbocycles. The van der Waals surface area contributed by atoms with Crippen LogP contribution in [0.15, 0.2) is 46.9 Å². The molecule has 19 heavy (non-hydrogen) atoms. The summed E-state index contributed by atoms with van der Waals surface area (Å²) in [6, 6.07) is 14.7. The highest BCUT2D eigenvalue weighted by atomic mass is 79.9. The zero-order valence-corrected chi connectivity index (χ0v) is 13.4. The summed E-state index contributed by atoms with van der Waals surface area (Å²) >= 11 is 9.79. The Hall–Kier alpha value is -0.830. The quantitative estimate of drug-likeness (QED) is 0.835. The number of hydrogen-bond donors (Lipinski definition) is 1. The summed E-state index contributed by atoms with van der Waals surface area (Å²) in [4.78, 5) is 0. The van der Waals surface area contributed by atoms with Gasteiger partial charge in [-0.25, -0.2) is 0 Å². The maximum absolute atomic E-state index is 6.25. The van der Waals surface area contributed by atoms with E-state index in [1.807, 2.05) is 25.2 Å². The van der Waals surface area contributed by atoms with E-state index in [0.717, 1.165) is 15.9 Å². The summed E-state index contributed by atoms with van der Waals surface area (Å²) in [6.45, 7) is 2.14. The molecule has 2 rings (SSSR count). The van der Waals surface area contributed by atoms with Crippen LogP contribution >= 0.6 is 27.5 Å². The van der Waals surface area contributed by atoms with Gasteiger partial charge < -0.3 is 5.32 Å². The largest absolute Gasteiger partial charge is 0.313 e. The van der Waals surface area contributed by atoms with Gasteiger partial charge in [-0.2, -0.15) is 0 Å². The Morgan fingerprint density at radius 3 is 2.63 bits per heavy atom. The molecule has 0 amide bonds. The first-order valence-electron chi connectivity index (χ1n) is 6.28. The van der Waals surface area contributed by atoms with E-state index < -0.39 is 0 Å². The lowest BCUT2D eigenvalue weighted by Gasteiger charge is -2.20. The van der Waals surface area contributed by atoms with Gasteiger partial charge in [0.2, 0.25) is 0 Å². The van der Waals surface area contributed by atoms with Crippen molar-refractivity contribution in [3.05, 3.63) is 68.7 Å². The normalized spacial score (nSPS) is 12.4. The molecule has 0 aliphatic heterocycles. The van der Waals surface area contributed by atoms with Crippen molar-refractivity contribution < 1.29 is 0 Å². The van der Waals surface area contributed by atoms with Crippen molar-refractivity contribution >= 4 is 27.5 Å². The van der Waals surface area contributed by atoms with E-state index in [1.165, 1.54) is 16.7 Å². The van der Waals surface area contributed by atoms with Crippen molar-refractivity contribution in [2.45, 2.75) is 19.4 Å². The first kappa shape index (κ1) is 14.6. The molecule has 0 bridgehead atoms. The van der Waals surface area contributed by atoms with Crippen LogP contribution in [0.25, 0.3) is 0 Å². The molecule has 1 atom stereocenters. The minimum atomic E-state index is 0.261. The smallest absolute Gasteiger partial charge is 0.0438 e. The van der Waals surface area contributed by atoms with Crippen LogP contribution in [0.1, 0.15) is 22.7 Å². The number of aryl methyl sites for hydroxylation is 1. The number of rotatable bonds is 4. The lowest BCUT2D eigenvalue weighted by molar-refractivity contribution is 0.589. The van der Waals surface area contributed by atoms with Crippen LogP contribution in [0.4, 0.5) is 0 Å². The SMILES string of the molecule is CNC(Cc1ccccc1Cl)c1cc(Br)ccc1C. The third-order valence-electron chi connectivity index (χ3n) is 3.35. The summed E-state index contributed by atoms with van der Waals surface area (Å²) < 4.78 is 1.10. The van der Waals surface area contributed by atoms with Gasteiger partial charge in [-0.1, -0.05) is 51.8 Å². The summed E-state index contributed by atoms with van der Waals surface area (Å²) in [5.74, 6) is 0. The fourth-order valence-corrected chi connectivity index (χ4v) is 2.83. The second-order valence-electron chi connectivity index (χ2n) is 4.64. The van der Waals surface area contributed by atoms with Gasteiger partial charge in [-0.15, -0.1) is 0 Å². The second-order valence-corrected chi connectivity index (χ2v) is 5.96. The van der Waals surface area contributed by atoms with Crippen LogP contribution in [0.5, 0.6) is 0 Å². The van der Waals surface area contributed by atoms with Crippen LogP contribution in [-0.2, 0) is 6.42 Å². The van der Waals surface area contributed by atoms with E-state index in [0.29, 0.717) is 0 Å². The van der Waals surface area contributed by atoms with Gasteiger partial charge in [0, 0.05) is 15.5 Å². The molecule has 0 aromatic heterocycles. The van der Waals surface area contributed by atoms with E-state index in [2.05, 4.69) is 52.4 Å². The number of likely N-dealkylation sites (N-methyl/N-ethyl adjacent to an activating group) is 1. The summed E-state index contributed by atoms with van der Waals surface area (Å²) in [5, 5.41) is 4.21. The Labute approximate surface area is 128 Å². The number of benzene rings is 2. The van der Waals surface area contributed by atoms with E-state index in [1.54, 1.807) is 0 Å². The molecule has 2 aromatic rings. The van der Waals surface area contributed by atoms with E-state index in [4.69, 9.17) is 11.6 Å². The molecule has 0 aliphatic carbocycles. The molecule has 0 radical (unpaired) electrons. The van der Waals surface area contributed by atoms with Gasteiger partial charge >= 0.3 is 0 Å². The minimum absolute atomic E-state index is 0.261. The van der Waals surface area contributed by atoms with Gasteiger partial charge in [0.05, 0.1) is 0 Å². The fourth-order valence-electron chi connectivity index (χ4n) is 2.24. The third kappa shape index (κ3) is 3.59. The first-order valence-corrected chi connectivity index (χ1v) is 7.45. The molecular formula is C16H17BrClN. The highest BCUT2D eigenvalue weighted by Gasteiger charge is 2.14. The van der Waals surface area contributed by atoms with E-state index in [9.17, 15) is 0 Å². The Kier molecular flexibility index (Phi) is 5.03. The van der Waals surface area contributed by atoms with Gasteiger partial charge in [0.1, 0.15) is 0 Å². The van der Waals surface area contributed by atoms with Gasteiger partial charge in [0.25, 0.3) is 0 Å². The molecule has 1 unspecified atom stereocenters. The van der Waals surface area contributed by atoms with Crippen molar-refractivity contribution in [2.24, 2.45) is 0 Å². The summed E-state index contributed by atoms with van der Waals surface area (Å²) in [6.07, 6.45) is 0.882. The fraction of sp³-hybridized carbons (Fsp3) is 0.250. The second kappa shape index (κ2) is 6.56. The average molecular weight is 339 g/mol. The first-order chi connectivity index (χ1) is 9.11. The van der Waals surface area contributed by atoms with Gasteiger partial charge in [0.15, 0.2) is 0 Å². The zero-order valence-electron chi connectivity index (χ0n) is 11.1. The van der Waals surface area contributed by atoms with E-state index >= 15 is 0 Å². The van der Waals surface area contributed by atoms with Crippen molar-refractivity contribution in [2.75, 3.05) is 7.05 Å². The maximum Gasteiger partial charge on any atom is 0.0438 e. The number of halogens is 2.